The molecule has 0 saturated heterocycles. The molecule has 1 amide bonds. The average molecular weight is 341 g/mol. The first-order chi connectivity index (χ1) is 12.0. The third-order valence-corrected chi connectivity index (χ3v) is 3.78. The largest absolute Gasteiger partial charge is 0.496 e. The lowest BCUT2D eigenvalue weighted by Gasteiger charge is -2.10. The predicted molar refractivity (Wildman–Crippen MR) is 96.8 cm³/mol. The molecule has 0 aliphatic carbocycles. The lowest BCUT2D eigenvalue weighted by Crippen LogP contribution is -2.21. The van der Waals surface area contributed by atoms with Crippen molar-refractivity contribution in [3.8, 4) is 5.75 Å². The molecule has 2 aromatic rings. The number of rotatable bonds is 7. The SMILES string of the molecule is CCc1ccc(NC(=O)COC(=O)Cc2cc(C)ccc2OC)cc1. The number of hydrogen-bond donors (Lipinski definition) is 1. The van der Waals surface area contributed by atoms with Gasteiger partial charge in [0.05, 0.1) is 13.5 Å². The Kier molecular flexibility index (Phi) is 6.57. The molecular weight excluding hydrogens is 318 g/mol. The third kappa shape index (κ3) is 5.64. The van der Waals surface area contributed by atoms with Crippen molar-refractivity contribution in [3.05, 3.63) is 59.2 Å². The van der Waals surface area contributed by atoms with Crippen molar-refractivity contribution in [2.75, 3.05) is 19.0 Å². The van der Waals surface area contributed by atoms with Crippen LogP contribution in [0.5, 0.6) is 5.75 Å². The van der Waals surface area contributed by atoms with E-state index < -0.39 is 5.97 Å². The van der Waals surface area contributed by atoms with Gasteiger partial charge in [-0.2, -0.15) is 0 Å². The summed E-state index contributed by atoms with van der Waals surface area (Å²) < 4.78 is 10.3. The zero-order chi connectivity index (χ0) is 18.2. The van der Waals surface area contributed by atoms with Crippen LogP contribution in [-0.2, 0) is 27.2 Å². The van der Waals surface area contributed by atoms with Gasteiger partial charge in [-0.25, -0.2) is 0 Å². The van der Waals surface area contributed by atoms with E-state index >= 15 is 0 Å². The summed E-state index contributed by atoms with van der Waals surface area (Å²) in [4.78, 5) is 23.9. The molecule has 1 N–H and O–H groups in total. The van der Waals surface area contributed by atoms with Crippen LogP contribution < -0.4 is 10.1 Å². The number of carbonyl (C=O) groups excluding carboxylic acids is 2. The van der Waals surface area contributed by atoms with Crippen LogP contribution in [0, 0.1) is 6.92 Å². The number of aryl methyl sites for hydroxylation is 2. The van der Waals surface area contributed by atoms with E-state index in [0.717, 1.165) is 17.5 Å². The summed E-state index contributed by atoms with van der Waals surface area (Å²) in [6.07, 6.45) is 0.998. The van der Waals surface area contributed by atoms with Crippen LogP contribution in [0.2, 0.25) is 0 Å². The van der Waals surface area contributed by atoms with Crippen molar-refractivity contribution in [1.29, 1.82) is 0 Å². The van der Waals surface area contributed by atoms with Gasteiger partial charge in [0.2, 0.25) is 0 Å². The van der Waals surface area contributed by atoms with E-state index in [2.05, 4.69) is 12.2 Å². The van der Waals surface area contributed by atoms with Crippen molar-refractivity contribution in [3.63, 3.8) is 0 Å². The minimum atomic E-state index is -0.472. The number of carbonyl (C=O) groups is 2. The molecule has 0 spiro atoms. The number of nitrogens with one attached hydrogen (secondary N) is 1. The summed E-state index contributed by atoms with van der Waals surface area (Å²) in [6.45, 7) is 3.68. The van der Waals surface area contributed by atoms with E-state index in [1.54, 1.807) is 7.11 Å². The quantitative estimate of drug-likeness (QED) is 0.785. The maximum atomic E-state index is 12.0. The van der Waals surface area contributed by atoms with Crippen molar-refractivity contribution in [2.24, 2.45) is 0 Å². The van der Waals surface area contributed by atoms with Crippen molar-refractivity contribution >= 4 is 17.6 Å². The van der Waals surface area contributed by atoms with Gasteiger partial charge >= 0.3 is 5.97 Å². The Balaban J connectivity index is 1.84. The fraction of sp³-hybridized carbons (Fsp3) is 0.300. The van der Waals surface area contributed by atoms with Crippen LogP contribution in [0.1, 0.15) is 23.6 Å². The van der Waals surface area contributed by atoms with Crippen molar-refractivity contribution < 1.29 is 19.1 Å². The lowest BCUT2D eigenvalue weighted by atomic mass is 10.1. The molecule has 25 heavy (non-hydrogen) atoms. The number of esters is 1. The summed E-state index contributed by atoms with van der Waals surface area (Å²) in [6, 6.07) is 13.1. The van der Waals surface area contributed by atoms with Gasteiger partial charge in [0.1, 0.15) is 5.75 Å². The number of benzene rings is 2. The van der Waals surface area contributed by atoms with Gasteiger partial charge in [-0.15, -0.1) is 0 Å². The smallest absolute Gasteiger partial charge is 0.310 e. The van der Waals surface area contributed by atoms with Crippen molar-refractivity contribution in [1.82, 2.24) is 0 Å². The molecule has 0 aliphatic rings. The minimum Gasteiger partial charge on any atom is -0.496 e. The molecule has 5 nitrogen and oxygen atoms in total. The molecule has 5 heteroatoms. The van der Waals surface area contributed by atoms with Crippen LogP contribution in [0.25, 0.3) is 0 Å². The molecule has 0 heterocycles. The molecule has 0 saturated carbocycles. The maximum absolute atomic E-state index is 12.0. The Morgan fingerprint density at radius 2 is 1.80 bits per heavy atom. The van der Waals surface area contributed by atoms with Gasteiger partial charge in [0.25, 0.3) is 5.91 Å². The Morgan fingerprint density at radius 1 is 1.08 bits per heavy atom. The van der Waals surface area contributed by atoms with Gasteiger partial charge in [0.15, 0.2) is 6.61 Å². The molecule has 0 fully saturated rings. The zero-order valence-corrected chi connectivity index (χ0v) is 14.8. The second-order valence-electron chi connectivity index (χ2n) is 5.75. The molecule has 0 bridgehead atoms. The normalized spacial score (nSPS) is 10.2. The van der Waals surface area contributed by atoms with E-state index in [1.807, 2.05) is 49.4 Å². The van der Waals surface area contributed by atoms with Gasteiger partial charge in [-0.05, 0) is 37.1 Å². The Bertz CT molecular complexity index is 738. The summed E-state index contributed by atoms with van der Waals surface area (Å²) in [7, 11) is 1.55. The zero-order valence-electron chi connectivity index (χ0n) is 14.8. The van der Waals surface area contributed by atoms with E-state index in [9.17, 15) is 9.59 Å². The van der Waals surface area contributed by atoms with Crippen LogP contribution >= 0.6 is 0 Å². The summed E-state index contributed by atoms with van der Waals surface area (Å²) >= 11 is 0. The molecule has 0 aromatic heterocycles. The molecule has 2 rings (SSSR count). The first-order valence-corrected chi connectivity index (χ1v) is 8.19. The molecule has 132 valence electrons. The molecule has 0 unspecified atom stereocenters. The topological polar surface area (TPSA) is 64.6 Å². The number of ether oxygens (including phenoxy) is 2. The van der Waals surface area contributed by atoms with Gasteiger partial charge in [-0.1, -0.05) is 36.8 Å². The van der Waals surface area contributed by atoms with Crippen LogP contribution in [0.3, 0.4) is 0 Å². The monoisotopic (exact) mass is 341 g/mol. The van der Waals surface area contributed by atoms with E-state index in [0.29, 0.717) is 11.4 Å². The number of amides is 1. The second kappa shape index (κ2) is 8.87. The van der Waals surface area contributed by atoms with Crippen LogP contribution in [-0.4, -0.2) is 25.6 Å². The molecular formula is C20H23NO4. The van der Waals surface area contributed by atoms with E-state index in [-0.39, 0.29) is 18.9 Å². The highest BCUT2D eigenvalue weighted by molar-refractivity contribution is 5.92. The lowest BCUT2D eigenvalue weighted by molar-refractivity contribution is -0.146. The molecule has 0 radical (unpaired) electrons. The Hall–Kier alpha value is -2.82. The number of hydrogen-bond acceptors (Lipinski definition) is 4. The highest BCUT2D eigenvalue weighted by Crippen LogP contribution is 2.20. The van der Waals surface area contributed by atoms with Crippen LogP contribution in [0.4, 0.5) is 5.69 Å². The maximum Gasteiger partial charge on any atom is 0.310 e. The van der Waals surface area contributed by atoms with Crippen molar-refractivity contribution in [2.45, 2.75) is 26.7 Å². The second-order valence-corrected chi connectivity index (χ2v) is 5.75. The average Bonchev–Trinajstić information content (AvgIpc) is 2.61. The highest BCUT2D eigenvalue weighted by atomic mass is 16.5. The van der Waals surface area contributed by atoms with Crippen LogP contribution in [0.15, 0.2) is 42.5 Å². The fourth-order valence-electron chi connectivity index (χ4n) is 2.42. The Morgan fingerprint density at radius 3 is 2.44 bits per heavy atom. The molecule has 0 atom stereocenters. The summed E-state index contributed by atoms with van der Waals surface area (Å²) in [5, 5.41) is 2.70. The standard InChI is InChI=1S/C20H23NO4/c1-4-15-6-8-17(9-7-15)21-19(22)13-25-20(23)12-16-11-14(2)5-10-18(16)24-3/h5-11H,4,12-13H2,1-3H3,(H,21,22). The fourth-order valence-corrected chi connectivity index (χ4v) is 2.42. The minimum absolute atomic E-state index is 0.0589. The van der Waals surface area contributed by atoms with E-state index in [4.69, 9.17) is 9.47 Å². The summed E-state index contributed by atoms with van der Waals surface area (Å²) in [5.41, 5.74) is 3.63. The number of anilines is 1. The third-order valence-electron chi connectivity index (χ3n) is 3.78. The first-order valence-electron chi connectivity index (χ1n) is 8.19. The first kappa shape index (κ1) is 18.5. The molecule has 2 aromatic carbocycles. The predicted octanol–water partition coefficient (Wildman–Crippen LogP) is 3.29. The number of methoxy groups -OCH3 is 1. The Labute approximate surface area is 148 Å². The van der Waals surface area contributed by atoms with Gasteiger partial charge < -0.3 is 14.8 Å². The summed E-state index contributed by atoms with van der Waals surface area (Å²) in [5.74, 6) is -0.211. The molecule has 0 aliphatic heterocycles. The highest BCUT2D eigenvalue weighted by Gasteiger charge is 2.12. The van der Waals surface area contributed by atoms with Gasteiger partial charge in [0, 0.05) is 11.3 Å². The van der Waals surface area contributed by atoms with E-state index in [1.165, 1.54) is 5.56 Å². The van der Waals surface area contributed by atoms with Gasteiger partial charge in [-0.3, -0.25) is 9.59 Å².